The second-order valence-corrected chi connectivity index (χ2v) is 11.9. The maximum absolute atomic E-state index is 13.6. The molecule has 2 unspecified atom stereocenters. The molecule has 1 aliphatic carbocycles. The van der Waals surface area contributed by atoms with Crippen LogP contribution in [-0.4, -0.2) is 82.0 Å². The summed E-state index contributed by atoms with van der Waals surface area (Å²) in [4.78, 5) is 41.2. The minimum absolute atomic E-state index is 0.0185. The van der Waals surface area contributed by atoms with E-state index in [4.69, 9.17) is 14.2 Å². The molecular weight excluding hydrogens is 530 g/mol. The highest BCUT2D eigenvalue weighted by atomic mass is 16.6. The molecule has 0 bridgehead atoms. The Morgan fingerprint density at radius 1 is 1.27 bits per heavy atom. The number of aromatic nitrogens is 3. The molecule has 3 atom stereocenters. The highest BCUT2D eigenvalue weighted by Gasteiger charge is 2.41. The lowest BCUT2D eigenvalue weighted by Gasteiger charge is -2.38. The van der Waals surface area contributed by atoms with Gasteiger partial charge in [0.25, 0.3) is 11.5 Å². The topological polar surface area (TPSA) is 141 Å². The van der Waals surface area contributed by atoms with Crippen molar-refractivity contribution in [2.45, 2.75) is 76.4 Å². The number of fused-ring (bicyclic) bond motifs is 1. The Bertz CT molecular complexity index is 1400. The monoisotopic (exact) mass is 569 g/mol. The van der Waals surface area contributed by atoms with Crippen LogP contribution in [0.5, 0.6) is 0 Å². The van der Waals surface area contributed by atoms with Crippen LogP contribution in [0.1, 0.15) is 63.4 Å². The van der Waals surface area contributed by atoms with Gasteiger partial charge in [-0.1, -0.05) is 0 Å². The molecule has 2 aromatic heterocycles. The Morgan fingerprint density at radius 3 is 2.66 bits per heavy atom. The molecule has 2 fully saturated rings. The standard InChI is InChI=1S/C28H39N7O6/c1-27(2,3)41-26(38)33(5)22-15-28(4,31-19-8-7-11-34(25(19)37)17-9-12-40-13-10-17)32-23-18(16-29-35(22)23)24(36)30-20-14-21(20)39-6/h7-8,11,15-17,20-21,31-32H,9-10,12-14H2,1-6H3,(H,30,36)/t20?,21-,28?/m0/s1. The number of hydrogen-bond donors (Lipinski definition) is 3. The molecule has 0 aromatic carbocycles. The molecule has 13 nitrogen and oxygen atoms in total. The van der Waals surface area contributed by atoms with Crippen molar-refractivity contribution in [3.63, 3.8) is 0 Å². The number of anilines is 2. The van der Waals surface area contributed by atoms with Crippen molar-refractivity contribution in [2.75, 3.05) is 38.0 Å². The SMILES string of the molecule is CO[C@H]1CC1NC(=O)c1cnn2c1NC(C)(Nc1cccn(C3CCOCC3)c1=O)C=C2N(C)C(=O)OC(C)(C)C. The van der Waals surface area contributed by atoms with Crippen molar-refractivity contribution in [1.29, 1.82) is 0 Å². The van der Waals surface area contributed by atoms with E-state index >= 15 is 0 Å². The fraction of sp³-hybridized carbons (Fsp3) is 0.571. The van der Waals surface area contributed by atoms with Gasteiger partial charge in [-0.25, -0.2) is 9.48 Å². The third-order valence-electron chi connectivity index (χ3n) is 7.34. The summed E-state index contributed by atoms with van der Waals surface area (Å²) in [5.41, 5.74) is -1.34. The number of amides is 2. The summed E-state index contributed by atoms with van der Waals surface area (Å²) in [5.74, 6) is 0.387. The number of hydrogen-bond acceptors (Lipinski definition) is 9. The highest BCUT2D eigenvalue weighted by Crippen LogP contribution is 2.34. The van der Waals surface area contributed by atoms with Gasteiger partial charge in [-0.2, -0.15) is 5.10 Å². The molecule has 2 aliphatic heterocycles. The summed E-state index contributed by atoms with van der Waals surface area (Å²) in [6.45, 7) is 8.39. The van der Waals surface area contributed by atoms with Gasteiger partial charge in [0, 0.05) is 45.7 Å². The van der Waals surface area contributed by atoms with Crippen molar-refractivity contribution < 1.29 is 23.8 Å². The third-order valence-corrected chi connectivity index (χ3v) is 7.34. The Balaban J connectivity index is 1.49. The van der Waals surface area contributed by atoms with Crippen molar-refractivity contribution in [3.05, 3.63) is 46.5 Å². The van der Waals surface area contributed by atoms with E-state index in [1.807, 2.05) is 13.0 Å². The number of ether oxygens (including phenoxy) is 3. The molecule has 2 amide bonds. The smallest absolute Gasteiger partial charge is 0.415 e. The zero-order valence-corrected chi connectivity index (χ0v) is 24.4. The van der Waals surface area contributed by atoms with Gasteiger partial charge in [0.2, 0.25) is 0 Å². The number of carbonyl (C=O) groups is 2. The number of methoxy groups -OCH3 is 1. The molecule has 1 saturated carbocycles. The number of pyridine rings is 1. The molecule has 222 valence electrons. The Kier molecular flexibility index (Phi) is 7.60. The lowest BCUT2D eigenvalue weighted by molar-refractivity contribution is 0.0378. The van der Waals surface area contributed by atoms with Crippen LogP contribution in [0, 0.1) is 0 Å². The van der Waals surface area contributed by atoms with Crippen molar-refractivity contribution in [3.8, 4) is 0 Å². The molecule has 3 aliphatic rings. The molecule has 3 N–H and O–H groups in total. The van der Waals surface area contributed by atoms with Crippen LogP contribution in [0.25, 0.3) is 5.82 Å². The predicted octanol–water partition coefficient (Wildman–Crippen LogP) is 2.83. The van der Waals surface area contributed by atoms with Crippen LogP contribution < -0.4 is 21.5 Å². The molecule has 4 heterocycles. The minimum Gasteiger partial charge on any atom is -0.443 e. The average molecular weight is 570 g/mol. The Hall–Kier alpha value is -3.84. The molecule has 41 heavy (non-hydrogen) atoms. The van der Waals surface area contributed by atoms with E-state index in [0.29, 0.717) is 30.5 Å². The lowest BCUT2D eigenvalue weighted by Crippen LogP contribution is -2.49. The largest absolute Gasteiger partial charge is 0.443 e. The van der Waals surface area contributed by atoms with Gasteiger partial charge < -0.3 is 34.7 Å². The van der Waals surface area contributed by atoms with Crippen LogP contribution >= 0.6 is 0 Å². The number of rotatable bonds is 7. The lowest BCUT2D eigenvalue weighted by atomic mass is 10.1. The molecular formula is C28H39N7O6. The van der Waals surface area contributed by atoms with E-state index < -0.39 is 17.4 Å². The average Bonchev–Trinajstić information content (AvgIpc) is 3.54. The van der Waals surface area contributed by atoms with Gasteiger partial charge >= 0.3 is 6.09 Å². The number of nitrogens with one attached hydrogen (secondary N) is 3. The fourth-order valence-electron chi connectivity index (χ4n) is 5.11. The van der Waals surface area contributed by atoms with Crippen LogP contribution in [0.4, 0.5) is 16.3 Å². The maximum Gasteiger partial charge on any atom is 0.415 e. The fourth-order valence-corrected chi connectivity index (χ4v) is 5.11. The first-order valence-corrected chi connectivity index (χ1v) is 13.9. The van der Waals surface area contributed by atoms with Gasteiger partial charge in [0.1, 0.15) is 34.2 Å². The zero-order valence-electron chi connectivity index (χ0n) is 24.4. The summed E-state index contributed by atoms with van der Waals surface area (Å²) >= 11 is 0. The van der Waals surface area contributed by atoms with Crippen molar-refractivity contribution >= 4 is 29.3 Å². The minimum atomic E-state index is -1.10. The molecule has 0 radical (unpaired) electrons. The normalized spacial score (nSPS) is 24.0. The van der Waals surface area contributed by atoms with Crippen molar-refractivity contribution in [1.82, 2.24) is 24.6 Å². The summed E-state index contributed by atoms with van der Waals surface area (Å²) < 4.78 is 19.6. The van der Waals surface area contributed by atoms with Crippen LogP contribution in [0.2, 0.25) is 0 Å². The first kappa shape index (κ1) is 28.7. The predicted molar refractivity (Wildman–Crippen MR) is 153 cm³/mol. The van der Waals surface area contributed by atoms with Crippen molar-refractivity contribution in [2.24, 2.45) is 0 Å². The third kappa shape index (κ3) is 6.10. The quantitative estimate of drug-likeness (QED) is 0.459. The summed E-state index contributed by atoms with van der Waals surface area (Å²) in [7, 11) is 3.19. The van der Waals surface area contributed by atoms with E-state index in [1.165, 1.54) is 15.8 Å². The molecule has 0 spiro atoms. The highest BCUT2D eigenvalue weighted by molar-refractivity contribution is 6.00. The number of nitrogens with zero attached hydrogens (tertiary/aromatic N) is 4. The van der Waals surface area contributed by atoms with E-state index in [9.17, 15) is 14.4 Å². The number of carbonyl (C=O) groups excluding carboxylic acids is 2. The summed E-state index contributed by atoms with van der Waals surface area (Å²) in [6.07, 6.45) is 6.62. The molecule has 2 aromatic rings. The summed E-state index contributed by atoms with van der Waals surface area (Å²) in [5, 5.41) is 14.1. The zero-order chi connectivity index (χ0) is 29.5. The molecule has 13 heteroatoms. The second kappa shape index (κ2) is 10.9. The van der Waals surface area contributed by atoms with Crippen LogP contribution in [0.15, 0.2) is 35.4 Å². The van der Waals surface area contributed by atoms with Crippen LogP contribution in [0.3, 0.4) is 0 Å². The van der Waals surface area contributed by atoms with Gasteiger partial charge in [0.15, 0.2) is 0 Å². The van der Waals surface area contributed by atoms with Gasteiger partial charge in [-0.3, -0.25) is 14.5 Å². The van der Waals surface area contributed by atoms with Gasteiger partial charge in [-0.05, 0) is 59.1 Å². The van der Waals surface area contributed by atoms with Gasteiger partial charge in [0.05, 0.1) is 18.3 Å². The Morgan fingerprint density at radius 2 is 2.00 bits per heavy atom. The van der Waals surface area contributed by atoms with E-state index in [1.54, 1.807) is 57.8 Å². The molecule has 1 saturated heterocycles. The molecule has 5 rings (SSSR count). The van der Waals surface area contributed by atoms with Crippen LogP contribution in [-0.2, 0) is 14.2 Å². The first-order chi connectivity index (χ1) is 19.4. The summed E-state index contributed by atoms with van der Waals surface area (Å²) in [6, 6.07) is 3.51. The maximum atomic E-state index is 13.6. The second-order valence-electron chi connectivity index (χ2n) is 11.9. The first-order valence-electron chi connectivity index (χ1n) is 13.9. The Labute approximate surface area is 238 Å². The van der Waals surface area contributed by atoms with Gasteiger partial charge in [-0.15, -0.1) is 0 Å². The van der Waals surface area contributed by atoms with E-state index in [-0.39, 0.29) is 35.2 Å². The van der Waals surface area contributed by atoms with E-state index in [0.717, 1.165) is 19.3 Å². The van der Waals surface area contributed by atoms with E-state index in [2.05, 4.69) is 21.0 Å².